The second-order valence-electron chi connectivity index (χ2n) is 7.85. The third kappa shape index (κ3) is 5.74. The molecule has 2 aliphatic rings. The van der Waals surface area contributed by atoms with Gasteiger partial charge in [-0.2, -0.15) is 0 Å². The summed E-state index contributed by atoms with van der Waals surface area (Å²) in [5, 5.41) is 39.7. The number of esters is 1. The van der Waals surface area contributed by atoms with E-state index in [0.29, 0.717) is 12.8 Å². The summed E-state index contributed by atoms with van der Waals surface area (Å²) in [6.45, 7) is 1.21. The topological polar surface area (TPSA) is 143 Å². The number of ketones is 1. The van der Waals surface area contributed by atoms with Crippen molar-refractivity contribution in [2.75, 3.05) is 6.61 Å². The molecule has 174 valence electrons. The number of carbonyl (C=O) groups is 2. The summed E-state index contributed by atoms with van der Waals surface area (Å²) in [7, 11) is 0. The Kier molecular flexibility index (Phi) is 8.03. The van der Waals surface area contributed by atoms with Gasteiger partial charge >= 0.3 is 5.97 Å². The Labute approximate surface area is 185 Å². The third-order valence-corrected chi connectivity index (χ3v) is 5.24. The minimum Gasteiger partial charge on any atom is -0.507 e. The standard InChI is InChI=1S/C23H28O9/c1-13-7-5-3-2-4-6-8-15(25)9-14-10-16(11-17(26)19(14)22(29)30-13)31-23-21(28)20(27)18(12-24)32-23/h3,5-6,8,10-11,13,18,20-21,23-24,26-28H,2,4,7,9,12H2,1H3/b5-3-,8-6-/t13-,18?,20?,21?,23?/m0/s1. The number of aliphatic hydroxyl groups is 3. The maximum absolute atomic E-state index is 12.7. The third-order valence-electron chi connectivity index (χ3n) is 5.24. The fraction of sp³-hybridized carbons (Fsp3) is 0.478. The van der Waals surface area contributed by atoms with E-state index < -0.39 is 49.0 Å². The van der Waals surface area contributed by atoms with Crippen molar-refractivity contribution < 1.29 is 44.2 Å². The number of aliphatic hydroxyl groups excluding tert-OH is 3. The molecule has 0 radical (unpaired) electrons. The van der Waals surface area contributed by atoms with Gasteiger partial charge in [-0.3, -0.25) is 4.79 Å². The van der Waals surface area contributed by atoms with Gasteiger partial charge < -0.3 is 34.6 Å². The van der Waals surface area contributed by atoms with Gasteiger partial charge in [0.2, 0.25) is 6.29 Å². The first-order chi connectivity index (χ1) is 15.3. The molecule has 5 atom stereocenters. The van der Waals surface area contributed by atoms with Gasteiger partial charge in [-0.25, -0.2) is 4.79 Å². The summed E-state index contributed by atoms with van der Waals surface area (Å²) in [4.78, 5) is 25.2. The number of benzene rings is 1. The maximum Gasteiger partial charge on any atom is 0.342 e. The molecule has 0 bridgehead atoms. The average Bonchev–Trinajstić information content (AvgIpc) is 3.00. The normalized spacial score (nSPS) is 31.3. The van der Waals surface area contributed by atoms with Crippen LogP contribution >= 0.6 is 0 Å². The van der Waals surface area contributed by atoms with Crippen LogP contribution in [-0.4, -0.2) is 69.5 Å². The molecule has 0 saturated carbocycles. The summed E-state index contributed by atoms with van der Waals surface area (Å²) in [5.74, 6) is -1.50. The number of rotatable bonds is 3. The molecule has 0 aromatic heterocycles. The predicted molar refractivity (Wildman–Crippen MR) is 112 cm³/mol. The second kappa shape index (κ2) is 10.7. The van der Waals surface area contributed by atoms with Crippen LogP contribution in [0, 0.1) is 0 Å². The fourth-order valence-corrected chi connectivity index (χ4v) is 3.55. The van der Waals surface area contributed by atoms with Gasteiger partial charge in [0.25, 0.3) is 0 Å². The van der Waals surface area contributed by atoms with Crippen molar-refractivity contribution in [1.29, 1.82) is 0 Å². The molecule has 1 saturated heterocycles. The lowest BCUT2D eigenvalue weighted by Crippen LogP contribution is -2.35. The molecule has 1 fully saturated rings. The SMILES string of the molecule is C[C@H]1C/C=C\CC/C=C\C(=O)Cc2cc(OC3OC(CO)C(O)C3O)cc(O)c2C(=O)O1. The van der Waals surface area contributed by atoms with E-state index in [1.807, 2.05) is 12.2 Å². The summed E-state index contributed by atoms with van der Waals surface area (Å²) in [5.41, 5.74) is 0.0411. The maximum atomic E-state index is 12.7. The van der Waals surface area contributed by atoms with Crippen LogP contribution in [0.25, 0.3) is 0 Å². The van der Waals surface area contributed by atoms with E-state index in [2.05, 4.69) is 0 Å². The molecule has 4 N–H and O–H groups in total. The zero-order valence-electron chi connectivity index (χ0n) is 17.7. The van der Waals surface area contributed by atoms with E-state index in [-0.39, 0.29) is 29.1 Å². The van der Waals surface area contributed by atoms with Crippen LogP contribution in [-0.2, 0) is 20.7 Å². The molecule has 1 aromatic carbocycles. The van der Waals surface area contributed by atoms with Gasteiger partial charge in [-0.05, 0) is 37.5 Å². The number of phenolic OH excluding ortho intramolecular Hbond substituents is 1. The Morgan fingerprint density at radius 2 is 1.84 bits per heavy atom. The molecule has 2 aliphatic heterocycles. The molecule has 9 heteroatoms. The highest BCUT2D eigenvalue weighted by Crippen LogP contribution is 2.32. The largest absolute Gasteiger partial charge is 0.507 e. The minimum atomic E-state index is -1.44. The van der Waals surface area contributed by atoms with Crippen molar-refractivity contribution in [2.45, 2.75) is 63.3 Å². The van der Waals surface area contributed by atoms with Crippen molar-refractivity contribution in [3.63, 3.8) is 0 Å². The Hall–Kier alpha value is -2.72. The second-order valence-corrected chi connectivity index (χ2v) is 7.85. The number of phenols is 1. The van der Waals surface area contributed by atoms with Gasteiger partial charge in [0.1, 0.15) is 41.5 Å². The first-order valence-corrected chi connectivity index (χ1v) is 10.5. The number of cyclic esters (lactones) is 1. The average molecular weight is 448 g/mol. The molecular formula is C23H28O9. The van der Waals surface area contributed by atoms with Crippen molar-refractivity contribution in [3.05, 3.63) is 47.6 Å². The van der Waals surface area contributed by atoms with Gasteiger partial charge in [0.15, 0.2) is 5.78 Å². The summed E-state index contributed by atoms with van der Waals surface area (Å²) in [6.07, 6.45) is 3.22. The van der Waals surface area contributed by atoms with Crippen molar-refractivity contribution >= 4 is 11.8 Å². The highest BCUT2D eigenvalue weighted by atomic mass is 16.7. The smallest absolute Gasteiger partial charge is 0.342 e. The molecule has 0 amide bonds. The van der Waals surface area contributed by atoms with Gasteiger partial charge in [0.05, 0.1) is 6.61 Å². The molecule has 32 heavy (non-hydrogen) atoms. The number of hydrogen-bond donors (Lipinski definition) is 4. The van der Waals surface area contributed by atoms with Crippen LogP contribution in [0.3, 0.4) is 0 Å². The van der Waals surface area contributed by atoms with Crippen LogP contribution in [0.15, 0.2) is 36.4 Å². The van der Waals surface area contributed by atoms with Crippen LogP contribution in [0.2, 0.25) is 0 Å². The zero-order valence-corrected chi connectivity index (χ0v) is 17.7. The van der Waals surface area contributed by atoms with E-state index in [4.69, 9.17) is 14.2 Å². The lowest BCUT2D eigenvalue weighted by Gasteiger charge is -2.19. The predicted octanol–water partition coefficient (Wildman–Crippen LogP) is 1.16. The van der Waals surface area contributed by atoms with Crippen LogP contribution < -0.4 is 4.74 Å². The monoisotopic (exact) mass is 448 g/mol. The Morgan fingerprint density at radius 1 is 1.09 bits per heavy atom. The Balaban J connectivity index is 1.91. The van der Waals surface area contributed by atoms with E-state index in [1.54, 1.807) is 13.0 Å². The van der Waals surface area contributed by atoms with Crippen LogP contribution in [0.4, 0.5) is 0 Å². The van der Waals surface area contributed by atoms with Crippen molar-refractivity contribution in [1.82, 2.24) is 0 Å². The van der Waals surface area contributed by atoms with E-state index in [1.165, 1.54) is 12.1 Å². The van der Waals surface area contributed by atoms with E-state index >= 15 is 0 Å². The van der Waals surface area contributed by atoms with E-state index in [0.717, 1.165) is 12.5 Å². The highest BCUT2D eigenvalue weighted by Gasteiger charge is 2.44. The van der Waals surface area contributed by atoms with Crippen LogP contribution in [0.1, 0.15) is 42.1 Å². The molecule has 0 spiro atoms. The van der Waals surface area contributed by atoms with Crippen molar-refractivity contribution in [2.24, 2.45) is 0 Å². The molecule has 3 rings (SSSR count). The Morgan fingerprint density at radius 3 is 2.56 bits per heavy atom. The molecule has 1 aromatic rings. The number of fused-ring (bicyclic) bond motifs is 1. The van der Waals surface area contributed by atoms with Crippen molar-refractivity contribution in [3.8, 4) is 11.5 Å². The van der Waals surface area contributed by atoms with Gasteiger partial charge in [0, 0.05) is 18.9 Å². The summed E-state index contributed by atoms with van der Waals surface area (Å²) in [6, 6.07) is 2.52. The molecule has 2 heterocycles. The molecule has 4 unspecified atom stereocenters. The first-order valence-electron chi connectivity index (χ1n) is 10.5. The van der Waals surface area contributed by atoms with Gasteiger partial charge in [-0.1, -0.05) is 18.2 Å². The minimum absolute atomic E-state index is 0.0118. The molecular weight excluding hydrogens is 420 g/mol. The quantitative estimate of drug-likeness (QED) is 0.396. The molecule has 0 aliphatic carbocycles. The number of carbonyl (C=O) groups excluding carboxylic acids is 2. The number of aromatic hydroxyl groups is 1. The number of hydrogen-bond acceptors (Lipinski definition) is 9. The van der Waals surface area contributed by atoms with Crippen LogP contribution in [0.5, 0.6) is 11.5 Å². The number of ether oxygens (including phenoxy) is 3. The fourth-order valence-electron chi connectivity index (χ4n) is 3.55. The first kappa shape index (κ1) is 23.9. The van der Waals surface area contributed by atoms with E-state index in [9.17, 15) is 30.0 Å². The summed E-state index contributed by atoms with van der Waals surface area (Å²) < 4.78 is 16.3. The number of allylic oxidation sites excluding steroid dienone is 3. The molecule has 9 nitrogen and oxygen atoms in total. The Bertz CT molecular complexity index is 892. The lowest BCUT2D eigenvalue weighted by molar-refractivity contribution is -0.116. The lowest BCUT2D eigenvalue weighted by atomic mass is 10.00. The highest BCUT2D eigenvalue weighted by molar-refractivity contribution is 5.98. The zero-order chi connectivity index (χ0) is 23.3. The summed E-state index contributed by atoms with van der Waals surface area (Å²) >= 11 is 0. The van der Waals surface area contributed by atoms with Gasteiger partial charge in [-0.15, -0.1) is 0 Å².